The molecule has 1 saturated carbocycles. The van der Waals surface area contributed by atoms with Gasteiger partial charge in [-0.15, -0.1) is 0 Å². The van der Waals surface area contributed by atoms with Crippen molar-refractivity contribution in [1.29, 1.82) is 0 Å². The lowest BCUT2D eigenvalue weighted by Crippen LogP contribution is -2.30. The Kier molecular flexibility index (Phi) is 3.79. The van der Waals surface area contributed by atoms with E-state index in [1.54, 1.807) is 0 Å². The third-order valence-corrected chi connectivity index (χ3v) is 3.79. The molecule has 0 aliphatic heterocycles. The lowest BCUT2D eigenvalue weighted by Gasteiger charge is -2.14. The van der Waals surface area contributed by atoms with Crippen molar-refractivity contribution < 1.29 is 4.79 Å². The van der Waals surface area contributed by atoms with Gasteiger partial charge >= 0.3 is 5.69 Å². The second kappa shape index (κ2) is 5.73. The van der Waals surface area contributed by atoms with E-state index in [0.717, 1.165) is 29.4 Å². The maximum absolute atomic E-state index is 11.6. The largest absolute Gasteiger partial charge is 0.353 e. The molecule has 0 bridgehead atoms. The van der Waals surface area contributed by atoms with Gasteiger partial charge in [-0.3, -0.25) is 4.79 Å². The van der Waals surface area contributed by atoms with Crippen molar-refractivity contribution in [3.8, 4) is 0 Å². The van der Waals surface area contributed by atoms with Gasteiger partial charge in [-0.2, -0.15) is 0 Å². The molecular formula is C15H20N4O2. The van der Waals surface area contributed by atoms with Gasteiger partial charge in [-0.1, -0.05) is 6.07 Å². The van der Waals surface area contributed by atoms with Gasteiger partial charge in [0.15, 0.2) is 0 Å². The summed E-state index contributed by atoms with van der Waals surface area (Å²) in [7, 11) is 0. The van der Waals surface area contributed by atoms with Gasteiger partial charge in [0.1, 0.15) is 0 Å². The molecule has 1 heterocycles. The maximum Gasteiger partial charge on any atom is 0.323 e. The standard InChI is InChI=1S/C15H20N4O2/c1-9(16-7-6-14(20)17-11-3-4-11)10-2-5-12-13(8-10)19-15(21)18-12/h2,5,8-9,11,16H,3-4,6-7H2,1H3,(H,17,20)(H2,18,19,21). The molecule has 1 amide bonds. The van der Waals surface area contributed by atoms with Gasteiger partial charge in [0, 0.05) is 25.0 Å². The number of benzene rings is 1. The van der Waals surface area contributed by atoms with Crippen molar-refractivity contribution in [2.45, 2.75) is 38.3 Å². The molecule has 1 atom stereocenters. The number of carbonyl (C=O) groups is 1. The van der Waals surface area contributed by atoms with Crippen LogP contribution in [-0.4, -0.2) is 28.5 Å². The van der Waals surface area contributed by atoms with Crippen LogP contribution in [0, 0.1) is 0 Å². The van der Waals surface area contributed by atoms with E-state index in [1.807, 2.05) is 25.1 Å². The number of carbonyl (C=O) groups excluding carboxylic acids is 1. The van der Waals surface area contributed by atoms with Crippen LogP contribution in [0.25, 0.3) is 11.0 Å². The second-order valence-electron chi connectivity index (χ2n) is 5.65. The first-order valence-electron chi connectivity index (χ1n) is 7.36. The van der Waals surface area contributed by atoms with Gasteiger partial charge < -0.3 is 20.6 Å². The highest BCUT2D eigenvalue weighted by Crippen LogP contribution is 2.19. The molecule has 1 aliphatic carbocycles. The van der Waals surface area contributed by atoms with Gasteiger partial charge in [0.25, 0.3) is 0 Å². The minimum absolute atomic E-state index is 0.114. The predicted molar refractivity (Wildman–Crippen MR) is 81.1 cm³/mol. The highest BCUT2D eigenvalue weighted by atomic mass is 16.2. The molecule has 0 radical (unpaired) electrons. The lowest BCUT2D eigenvalue weighted by molar-refractivity contribution is -0.121. The number of amides is 1. The van der Waals surface area contributed by atoms with Crippen LogP contribution in [0.4, 0.5) is 0 Å². The van der Waals surface area contributed by atoms with E-state index in [9.17, 15) is 9.59 Å². The van der Waals surface area contributed by atoms with E-state index >= 15 is 0 Å². The number of hydrogen-bond donors (Lipinski definition) is 4. The normalized spacial score (nSPS) is 16.0. The Morgan fingerprint density at radius 2 is 2.10 bits per heavy atom. The summed E-state index contributed by atoms with van der Waals surface area (Å²) in [6.07, 6.45) is 2.72. The zero-order valence-corrected chi connectivity index (χ0v) is 12.0. The number of hydrogen-bond acceptors (Lipinski definition) is 3. The minimum Gasteiger partial charge on any atom is -0.353 e. The first-order chi connectivity index (χ1) is 10.1. The van der Waals surface area contributed by atoms with Crippen LogP contribution in [0.2, 0.25) is 0 Å². The fraction of sp³-hybridized carbons (Fsp3) is 0.467. The Hall–Kier alpha value is -2.08. The Labute approximate surface area is 122 Å². The maximum atomic E-state index is 11.6. The third kappa shape index (κ3) is 3.52. The molecule has 1 fully saturated rings. The number of rotatable bonds is 6. The molecule has 6 heteroatoms. The summed E-state index contributed by atoms with van der Waals surface area (Å²) in [5.41, 5.74) is 2.50. The average molecular weight is 288 g/mol. The van der Waals surface area contributed by atoms with Crippen molar-refractivity contribution >= 4 is 16.9 Å². The van der Waals surface area contributed by atoms with Crippen LogP contribution < -0.4 is 16.3 Å². The van der Waals surface area contributed by atoms with Crippen molar-refractivity contribution in [3.63, 3.8) is 0 Å². The van der Waals surface area contributed by atoms with Crippen LogP contribution in [-0.2, 0) is 4.79 Å². The molecule has 1 aromatic carbocycles. The summed E-state index contributed by atoms with van der Waals surface area (Å²) in [5, 5.41) is 6.30. The van der Waals surface area contributed by atoms with Gasteiger partial charge in [0.05, 0.1) is 11.0 Å². The van der Waals surface area contributed by atoms with Crippen LogP contribution in [0.5, 0.6) is 0 Å². The van der Waals surface area contributed by atoms with Gasteiger partial charge in [-0.25, -0.2) is 4.79 Å². The molecule has 112 valence electrons. The highest BCUT2D eigenvalue weighted by Gasteiger charge is 2.22. The number of imidazole rings is 1. The number of aromatic amines is 2. The van der Waals surface area contributed by atoms with Crippen LogP contribution in [0.3, 0.4) is 0 Å². The van der Waals surface area contributed by atoms with E-state index in [1.165, 1.54) is 0 Å². The molecule has 21 heavy (non-hydrogen) atoms. The third-order valence-electron chi connectivity index (χ3n) is 3.79. The fourth-order valence-corrected chi connectivity index (χ4v) is 2.37. The SMILES string of the molecule is CC(NCCC(=O)NC1CC1)c1ccc2[nH]c(=O)[nH]c2c1. The molecule has 4 N–H and O–H groups in total. The second-order valence-corrected chi connectivity index (χ2v) is 5.65. The Morgan fingerprint density at radius 1 is 1.33 bits per heavy atom. The first-order valence-corrected chi connectivity index (χ1v) is 7.36. The monoisotopic (exact) mass is 288 g/mol. The van der Waals surface area contributed by atoms with Crippen molar-refractivity contribution in [3.05, 3.63) is 34.2 Å². The van der Waals surface area contributed by atoms with E-state index in [-0.39, 0.29) is 17.6 Å². The Bertz CT molecular complexity index is 699. The molecule has 3 rings (SSSR count). The molecule has 0 spiro atoms. The van der Waals surface area contributed by atoms with Crippen molar-refractivity contribution in [2.75, 3.05) is 6.54 Å². The molecular weight excluding hydrogens is 268 g/mol. The van der Waals surface area contributed by atoms with Crippen LogP contribution in [0.1, 0.15) is 37.8 Å². The highest BCUT2D eigenvalue weighted by molar-refractivity contribution is 5.77. The first kappa shape index (κ1) is 13.9. The lowest BCUT2D eigenvalue weighted by atomic mass is 10.1. The van der Waals surface area contributed by atoms with Gasteiger partial charge in [-0.05, 0) is 37.5 Å². The Morgan fingerprint density at radius 3 is 2.86 bits per heavy atom. The number of fused-ring (bicyclic) bond motifs is 1. The molecule has 1 unspecified atom stereocenters. The summed E-state index contributed by atoms with van der Waals surface area (Å²) in [5.74, 6) is 0.114. The van der Waals surface area contributed by atoms with Gasteiger partial charge in [0.2, 0.25) is 5.91 Å². The Balaban J connectivity index is 1.54. The predicted octanol–water partition coefficient (Wildman–Crippen LogP) is 1.18. The summed E-state index contributed by atoms with van der Waals surface area (Å²) >= 11 is 0. The minimum atomic E-state index is -0.195. The quantitative estimate of drug-likeness (QED) is 0.643. The number of aromatic nitrogens is 2. The summed E-state index contributed by atoms with van der Waals surface area (Å²) in [6.45, 7) is 2.69. The average Bonchev–Trinajstić information content (AvgIpc) is 3.16. The molecule has 2 aromatic rings. The topological polar surface area (TPSA) is 89.8 Å². The molecule has 1 aliphatic rings. The summed E-state index contributed by atoms with van der Waals surface area (Å²) < 4.78 is 0. The fourth-order valence-electron chi connectivity index (χ4n) is 2.37. The molecule has 0 saturated heterocycles. The van der Waals surface area contributed by atoms with E-state index in [0.29, 0.717) is 19.0 Å². The number of H-pyrrole nitrogens is 2. The van der Waals surface area contributed by atoms with Crippen molar-refractivity contribution in [1.82, 2.24) is 20.6 Å². The summed E-state index contributed by atoms with van der Waals surface area (Å²) in [4.78, 5) is 28.3. The molecule has 6 nitrogen and oxygen atoms in total. The van der Waals surface area contributed by atoms with E-state index < -0.39 is 0 Å². The number of nitrogens with one attached hydrogen (secondary N) is 4. The molecule has 1 aromatic heterocycles. The smallest absolute Gasteiger partial charge is 0.323 e. The van der Waals surface area contributed by atoms with E-state index in [2.05, 4.69) is 20.6 Å². The zero-order valence-electron chi connectivity index (χ0n) is 12.0. The van der Waals surface area contributed by atoms with Crippen LogP contribution >= 0.6 is 0 Å². The zero-order chi connectivity index (χ0) is 14.8. The van der Waals surface area contributed by atoms with E-state index in [4.69, 9.17) is 0 Å². The van der Waals surface area contributed by atoms with Crippen molar-refractivity contribution in [2.24, 2.45) is 0 Å². The summed E-state index contributed by atoms with van der Waals surface area (Å²) in [6, 6.07) is 6.37. The van der Waals surface area contributed by atoms with Crippen LogP contribution in [0.15, 0.2) is 23.0 Å².